The van der Waals surface area contributed by atoms with E-state index in [9.17, 15) is 4.79 Å². The minimum Gasteiger partial charge on any atom is -0.340 e. The number of nitrogens with one attached hydrogen (secondary N) is 1. The van der Waals surface area contributed by atoms with Gasteiger partial charge >= 0.3 is 0 Å². The Morgan fingerprint density at radius 2 is 1.91 bits per heavy atom. The second-order valence-corrected chi connectivity index (χ2v) is 5.81. The highest BCUT2D eigenvalue weighted by Crippen LogP contribution is 2.18. The van der Waals surface area contributed by atoms with Crippen molar-refractivity contribution in [1.29, 1.82) is 0 Å². The number of amides is 1. The maximum absolute atomic E-state index is 12.2. The van der Waals surface area contributed by atoms with Gasteiger partial charge in [0.1, 0.15) is 0 Å². The van der Waals surface area contributed by atoms with E-state index < -0.39 is 0 Å². The fraction of sp³-hybridized carbons (Fsp3) is 0.389. The summed E-state index contributed by atoms with van der Waals surface area (Å²) in [6, 6.07) is 9.62. The Morgan fingerprint density at radius 1 is 1.13 bits per heavy atom. The third-order valence-corrected chi connectivity index (χ3v) is 3.86. The Bertz CT molecular complexity index is 667. The lowest BCUT2D eigenvalue weighted by Gasteiger charge is -2.15. The number of hydrogen-bond donors (Lipinski definition) is 1. The number of benzene rings is 1. The molecule has 1 heterocycles. The van der Waals surface area contributed by atoms with Gasteiger partial charge in [-0.15, -0.1) is 10.2 Å². The summed E-state index contributed by atoms with van der Waals surface area (Å²) < 4.78 is 0. The molecule has 23 heavy (non-hydrogen) atoms. The predicted octanol–water partition coefficient (Wildman–Crippen LogP) is 3.71. The molecule has 2 rings (SSSR count). The molecule has 0 saturated carbocycles. The van der Waals surface area contributed by atoms with Crippen LogP contribution in [0, 0.1) is 13.8 Å². The minimum absolute atomic E-state index is 0.0938. The van der Waals surface area contributed by atoms with Crippen LogP contribution in [0.25, 0.3) is 0 Å². The molecule has 0 radical (unpaired) electrons. The lowest BCUT2D eigenvalue weighted by Crippen LogP contribution is -2.28. The van der Waals surface area contributed by atoms with Crippen molar-refractivity contribution in [3.05, 3.63) is 47.2 Å². The van der Waals surface area contributed by atoms with Gasteiger partial charge in [-0.2, -0.15) is 0 Å². The van der Waals surface area contributed by atoms with E-state index in [1.165, 1.54) is 11.1 Å². The second kappa shape index (κ2) is 7.72. The summed E-state index contributed by atoms with van der Waals surface area (Å²) in [4.78, 5) is 13.9. The van der Waals surface area contributed by atoms with Crippen LogP contribution in [-0.2, 0) is 0 Å². The van der Waals surface area contributed by atoms with Crippen molar-refractivity contribution in [3.8, 4) is 0 Å². The lowest BCUT2D eigenvalue weighted by molar-refractivity contribution is 0.0786. The van der Waals surface area contributed by atoms with Gasteiger partial charge < -0.3 is 10.2 Å². The molecule has 5 heteroatoms. The highest BCUT2D eigenvalue weighted by Gasteiger charge is 2.13. The summed E-state index contributed by atoms with van der Waals surface area (Å²) in [6.45, 7) is 6.99. The molecule has 5 nitrogen and oxygen atoms in total. The molecule has 0 aliphatic heterocycles. The molecule has 0 spiro atoms. The monoisotopic (exact) mass is 312 g/mol. The summed E-state index contributed by atoms with van der Waals surface area (Å²) in [7, 11) is 1.79. The Kier molecular flexibility index (Phi) is 5.68. The van der Waals surface area contributed by atoms with Crippen molar-refractivity contribution in [3.63, 3.8) is 0 Å². The fourth-order valence-corrected chi connectivity index (χ4v) is 2.17. The molecule has 122 valence electrons. The van der Waals surface area contributed by atoms with Gasteiger partial charge in [0.2, 0.25) is 0 Å². The molecular weight excluding hydrogens is 288 g/mol. The molecule has 2 aromatic rings. The van der Waals surface area contributed by atoms with Gasteiger partial charge in [0.15, 0.2) is 11.5 Å². The predicted molar refractivity (Wildman–Crippen MR) is 93.1 cm³/mol. The zero-order chi connectivity index (χ0) is 16.8. The zero-order valence-corrected chi connectivity index (χ0v) is 14.3. The lowest BCUT2D eigenvalue weighted by atomic mass is 10.1. The number of hydrogen-bond acceptors (Lipinski definition) is 4. The summed E-state index contributed by atoms with van der Waals surface area (Å²) in [5, 5.41) is 11.3. The molecule has 0 aliphatic rings. The van der Waals surface area contributed by atoms with Crippen LogP contribution in [0.15, 0.2) is 30.3 Å². The molecule has 1 aromatic carbocycles. The molecule has 1 amide bonds. The molecule has 0 fully saturated rings. The third kappa shape index (κ3) is 4.52. The first kappa shape index (κ1) is 16.9. The maximum Gasteiger partial charge on any atom is 0.274 e. The van der Waals surface area contributed by atoms with Crippen LogP contribution in [0.2, 0.25) is 0 Å². The van der Waals surface area contributed by atoms with E-state index in [2.05, 4.69) is 48.4 Å². The largest absolute Gasteiger partial charge is 0.340 e. The molecule has 0 unspecified atom stereocenters. The number of anilines is 2. The van der Waals surface area contributed by atoms with Crippen LogP contribution in [-0.4, -0.2) is 34.6 Å². The van der Waals surface area contributed by atoms with Crippen molar-refractivity contribution in [1.82, 2.24) is 15.1 Å². The van der Waals surface area contributed by atoms with Gasteiger partial charge in [0.05, 0.1) is 0 Å². The number of nitrogens with zero attached hydrogens (tertiary/aromatic N) is 3. The first-order valence-corrected chi connectivity index (χ1v) is 7.94. The third-order valence-electron chi connectivity index (χ3n) is 3.86. The van der Waals surface area contributed by atoms with E-state index in [0.29, 0.717) is 11.5 Å². The maximum atomic E-state index is 12.2. The second-order valence-electron chi connectivity index (χ2n) is 5.81. The van der Waals surface area contributed by atoms with E-state index in [1.54, 1.807) is 24.1 Å². The summed E-state index contributed by atoms with van der Waals surface area (Å²) in [5.41, 5.74) is 3.79. The van der Waals surface area contributed by atoms with Crippen molar-refractivity contribution in [2.45, 2.75) is 33.6 Å². The van der Waals surface area contributed by atoms with E-state index >= 15 is 0 Å². The molecule has 1 N–H and O–H groups in total. The zero-order valence-electron chi connectivity index (χ0n) is 14.3. The highest BCUT2D eigenvalue weighted by atomic mass is 16.2. The summed E-state index contributed by atoms with van der Waals surface area (Å²) in [6.07, 6.45) is 2.05. The molecule has 0 bridgehead atoms. The molecule has 0 saturated heterocycles. The summed E-state index contributed by atoms with van der Waals surface area (Å²) >= 11 is 0. The van der Waals surface area contributed by atoms with Crippen LogP contribution in [0.5, 0.6) is 0 Å². The average Bonchev–Trinajstić information content (AvgIpc) is 2.56. The van der Waals surface area contributed by atoms with Crippen molar-refractivity contribution in [2.75, 3.05) is 18.9 Å². The van der Waals surface area contributed by atoms with Crippen molar-refractivity contribution < 1.29 is 4.79 Å². The Hall–Kier alpha value is -2.43. The van der Waals surface area contributed by atoms with Gasteiger partial charge in [0.25, 0.3) is 5.91 Å². The topological polar surface area (TPSA) is 58.1 Å². The molecule has 0 atom stereocenters. The molecule has 0 aliphatic carbocycles. The summed E-state index contributed by atoms with van der Waals surface area (Å²) in [5.74, 6) is 0.532. The molecular formula is C18H24N4O. The van der Waals surface area contributed by atoms with Gasteiger partial charge in [-0.3, -0.25) is 4.79 Å². The average molecular weight is 312 g/mol. The van der Waals surface area contributed by atoms with Crippen LogP contribution < -0.4 is 5.32 Å². The van der Waals surface area contributed by atoms with Crippen LogP contribution in [0.4, 0.5) is 11.5 Å². The van der Waals surface area contributed by atoms with Gasteiger partial charge in [-0.1, -0.05) is 19.4 Å². The number of unbranched alkanes of at least 4 members (excludes halogenated alkanes) is 1. The Balaban J connectivity index is 2.04. The fourth-order valence-electron chi connectivity index (χ4n) is 2.17. The van der Waals surface area contributed by atoms with Crippen LogP contribution >= 0.6 is 0 Å². The number of rotatable bonds is 6. The number of aromatic nitrogens is 2. The smallest absolute Gasteiger partial charge is 0.274 e. The first-order chi connectivity index (χ1) is 11.0. The van der Waals surface area contributed by atoms with Crippen molar-refractivity contribution >= 4 is 17.4 Å². The first-order valence-electron chi connectivity index (χ1n) is 7.94. The van der Waals surface area contributed by atoms with Gasteiger partial charge in [0, 0.05) is 19.3 Å². The highest BCUT2D eigenvalue weighted by molar-refractivity contribution is 5.92. The van der Waals surface area contributed by atoms with E-state index in [-0.39, 0.29) is 5.91 Å². The Morgan fingerprint density at radius 3 is 2.52 bits per heavy atom. The van der Waals surface area contributed by atoms with Gasteiger partial charge in [-0.05, 0) is 55.7 Å². The minimum atomic E-state index is -0.0938. The molecule has 1 aromatic heterocycles. The van der Waals surface area contributed by atoms with Crippen molar-refractivity contribution in [2.24, 2.45) is 0 Å². The Labute approximate surface area is 137 Å². The van der Waals surface area contributed by atoms with E-state index in [1.807, 2.05) is 6.07 Å². The van der Waals surface area contributed by atoms with Crippen LogP contribution in [0.3, 0.4) is 0 Å². The van der Waals surface area contributed by atoms with Gasteiger partial charge in [-0.25, -0.2) is 0 Å². The quantitative estimate of drug-likeness (QED) is 0.883. The normalized spacial score (nSPS) is 10.4. The number of aryl methyl sites for hydroxylation is 2. The van der Waals surface area contributed by atoms with E-state index in [0.717, 1.165) is 25.1 Å². The van der Waals surface area contributed by atoms with Crippen LogP contribution in [0.1, 0.15) is 41.4 Å². The number of carbonyl (C=O) groups excluding carboxylic acids is 1. The SMILES string of the molecule is CCCCN(C)C(=O)c1ccc(Nc2ccc(C)c(C)c2)nn1. The van der Waals surface area contributed by atoms with E-state index in [4.69, 9.17) is 0 Å². The number of carbonyl (C=O) groups is 1. The standard InChI is InChI=1S/C18H24N4O/c1-5-6-11-22(4)18(23)16-9-10-17(21-20-16)19-15-8-7-13(2)14(3)12-15/h7-10,12H,5-6,11H2,1-4H3,(H,19,21).